The van der Waals surface area contributed by atoms with Gasteiger partial charge in [-0.2, -0.15) is 0 Å². The molecule has 0 aromatic heterocycles. The average Bonchev–Trinajstić information content (AvgIpc) is 2.40. The van der Waals surface area contributed by atoms with Crippen molar-refractivity contribution >= 4 is 17.7 Å². The van der Waals surface area contributed by atoms with E-state index in [0.29, 0.717) is 30.8 Å². The molecule has 0 spiro atoms. The van der Waals surface area contributed by atoms with Gasteiger partial charge in [0.25, 0.3) is 0 Å². The van der Waals surface area contributed by atoms with Crippen LogP contribution in [0.4, 0.5) is 8.78 Å². The van der Waals surface area contributed by atoms with Crippen molar-refractivity contribution in [1.29, 1.82) is 0 Å². The molecule has 1 aromatic carbocycles. The van der Waals surface area contributed by atoms with Crippen molar-refractivity contribution in [2.24, 2.45) is 0 Å². The first-order valence-electron chi connectivity index (χ1n) is 6.45. The van der Waals surface area contributed by atoms with Crippen LogP contribution in [-0.2, 0) is 4.79 Å². The number of carbonyl (C=O) groups is 1. The highest BCUT2D eigenvalue weighted by molar-refractivity contribution is 8.00. The second-order valence-corrected chi connectivity index (χ2v) is 6.29. The number of halogens is 2. The Labute approximate surface area is 121 Å². The number of aliphatic hydroxyl groups is 1. The van der Waals surface area contributed by atoms with Crippen molar-refractivity contribution in [3.8, 4) is 0 Å². The Morgan fingerprint density at radius 3 is 2.60 bits per heavy atom. The first-order chi connectivity index (χ1) is 9.37. The van der Waals surface area contributed by atoms with E-state index in [1.165, 1.54) is 17.8 Å². The lowest BCUT2D eigenvalue weighted by molar-refractivity contribution is -0.132. The van der Waals surface area contributed by atoms with Gasteiger partial charge in [0.1, 0.15) is 0 Å². The van der Waals surface area contributed by atoms with Gasteiger partial charge in [-0.3, -0.25) is 4.79 Å². The minimum absolute atomic E-state index is 0.0461. The maximum atomic E-state index is 13.0. The van der Waals surface area contributed by atoms with Gasteiger partial charge in [-0.15, -0.1) is 11.8 Å². The molecule has 0 unspecified atom stereocenters. The van der Waals surface area contributed by atoms with Crippen LogP contribution in [0.5, 0.6) is 0 Å². The fourth-order valence-corrected chi connectivity index (χ4v) is 2.86. The monoisotopic (exact) mass is 301 g/mol. The van der Waals surface area contributed by atoms with Crippen LogP contribution in [0.15, 0.2) is 23.1 Å². The topological polar surface area (TPSA) is 40.5 Å². The van der Waals surface area contributed by atoms with Crippen LogP contribution < -0.4 is 0 Å². The number of thioether (sulfide) groups is 1. The summed E-state index contributed by atoms with van der Waals surface area (Å²) in [5.41, 5.74) is -0.690. The fraction of sp³-hybridized carbons (Fsp3) is 0.500. The highest BCUT2D eigenvalue weighted by Crippen LogP contribution is 2.24. The van der Waals surface area contributed by atoms with Crippen LogP contribution in [0.3, 0.4) is 0 Å². The van der Waals surface area contributed by atoms with E-state index in [9.17, 15) is 18.7 Å². The molecule has 20 heavy (non-hydrogen) atoms. The molecule has 1 saturated heterocycles. The molecule has 0 bridgehead atoms. The molecule has 1 aliphatic rings. The average molecular weight is 301 g/mol. The fourth-order valence-electron chi connectivity index (χ4n) is 2.04. The summed E-state index contributed by atoms with van der Waals surface area (Å²) in [5, 5.41) is 9.82. The maximum Gasteiger partial charge on any atom is 0.232 e. The summed E-state index contributed by atoms with van der Waals surface area (Å²) in [4.78, 5) is 14.2. The Morgan fingerprint density at radius 1 is 1.35 bits per heavy atom. The first kappa shape index (κ1) is 15.3. The van der Waals surface area contributed by atoms with Crippen molar-refractivity contribution < 1.29 is 18.7 Å². The third-order valence-corrected chi connectivity index (χ3v) is 4.43. The van der Waals surface area contributed by atoms with Gasteiger partial charge in [-0.25, -0.2) is 8.78 Å². The summed E-state index contributed by atoms with van der Waals surface area (Å²) in [6.07, 6.45) is 1.13. The SMILES string of the molecule is CC1(O)CCN(C(=O)CSc2ccc(F)c(F)c2)CC1. The van der Waals surface area contributed by atoms with Gasteiger partial charge in [0.2, 0.25) is 5.91 Å². The summed E-state index contributed by atoms with van der Waals surface area (Å²) < 4.78 is 25.8. The Morgan fingerprint density at radius 2 is 2.00 bits per heavy atom. The Hall–Kier alpha value is -1.14. The Kier molecular flexibility index (Phi) is 4.65. The zero-order chi connectivity index (χ0) is 14.8. The maximum absolute atomic E-state index is 13.0. The van der Waals surface area contributed by atoms with Crippen LogP contribution >= 0.6 is 11.8 Å². The minimum Gasteiger partial charge on any atom is -0.390 e. The predicted molar refractivity (Wildman–Crippen MR) is 73.5 cm³/mol. The van der Waals surface area contributed by atoms with Gasteiger partial charge in [-0.1, -0.05) is 0 Å². The normalized spacial score (nSPS) is 18.1. The molecule has 0 radical (unpaired) electrons. The number of piperidine rings is 1. The Bertz CT molecular complexity index is 498. The molecular formula is C14H17F2NO2S. The van der Waals surface area contributed by atoms with Crippen molar-refractivity contribution in [1.82, 2.24) is 4.90 Å². The first-order valence-corrected chi connectivity index (χ1v) is 7.44. The molecule has 1 amide bonds. The molecular weight excluding hydrogens is 284 g/mol. The van der Waals surface area contributed by atoms with Gasteiger partial charge in [0, 0.05) is 18.0 Å². The van der Waals surface area contributed by atoms with Crippen LogP contribution in [0.2, 0.25) is 0 Å². The summed E-state index contributed by atoms with van der Waals surface area (Å²) in [7, 11) is 0. The summed E-state index contributed by atoms with van der Waals surface area (Å²) in [6, 6.07) is 3.60. The smallest absolute Gasteiger partial charge is 0.232 e. The quantitative estimate of drug-likeness (QED) is 0.872. The zero-order valence-corrected chi connectivity index (χ0v) is 12.1. The van der Waals surface area contributed by atoms with Crippen molar-refractivity contribution in [2.45, 2.75) is 30.3 Å². The summed E-state index contributed by atoms with van der Waals surface area (Å²) >= 11 is 1.18. The van der Waals surface area contributed by atoms with Gasteiger partial charge in [-0.05, 0) is 38.0 Å². The van der Waals surface area contributed by atoms with E-state index < -0.39 is 17.2 Å². The largest absolute Gasteiger partial charge is 0.390 e. The third-order valence-electron chi connectivity index (χ3n) is 3.45. The van der Waals surface area contributed by atoms with Crippen LogP contribution in [0.1, 0.15) is 19.8 Å². The lowest BCUT2D eigenvalue weighted by Gasteiger charge is -2.35. The zero-order valence-electron chi connectivity index (χ0n) is 11.2. The van der Waals surface area contributed by atoms with E-state index in [1.807, 2.05) is 0 Å². The van der Waals surface area contributed by atoms with Gasteiger partial charge in [0.05, 0.1) is 11.4 Å². The highest BCUT2D eigenvalue weighted by Gasteiger charge is 2.29. The number of amides is 1. The van der Waals surface area contributed by atoms with E-state index in [4.69, 9.17) is 0 Å². The molecule has 2 rings (SSSR count). The molecule has 110 valence electrons. The summed E-state index contributed by atoms with van der Waals surface area (Å²) in [6.45, 7) is 2.83. The highest BCUT2D eigenvalue weighted by atomic mass is 32.2. The number of carbonyl (C=O) groups excluding carboxylic acids is 1. The third kappa shape index (κ3) is 3.93. The van der Waals surface area contributed by atoms with Crippen LogP contribution in [-0.4, -0.2) is 40.4 Å². The minimum atomic E-state index is -0.906. The molecule has 0 aliphatic carbocycles. The van der Waals surface area contributed by atoms with E-state index >= 15 is 0 Å². The number of likely N-dealkylation sites (tertiary alicyclic amines) is 1. The van der Waals surface area contributed by atoms with E-state index in [0.717, 1.165) is 12.1 Å². The van der Waals surface area contributed by atoms with Crippen molar-refractivity contribution in [3.05, 3.63) is 29.8 Å². The second-order valence-electron chi connectivity index (χ2n) is 5.24. The molecule has 1 N–H and O–H groups in total. The van der Waals surface area contributed by atoms with Gasteiger partial charge < -0.3 is 10.0 Å². The molecule has 1 fully saturated rings. The predicted octanol–water partition coefficient (Wildman–Crippen LogP) is 2.43. The molecule has 1 heterocycles. The van der Waals surface area contributed by atoms with Gasteiger partial charge in [0.15, 0.2) is 11.6 Å². The number of hydrogen-bond donors (Lipinski definition) is 1. The number of nitrogens with zero attached hydrogens (tertiary/aromatic N) is 1. The molecule has 6 heteroatoms. The van der Waals surface area contributed by atoms with Crippen LogP contribution in [0.25, 0.3) is 0 Å². The van der Waals surface area contributed by atoms with Crippen molar-refractivity contribution in [2.75, 3.05) is 18.8 Å². The number of benzene rings is 1. The van der Waals surface area contributed by atoms with Gasteiger partial charge >= 0.3 is 0 Å². The molecule has 1 aliphatic heterocycles. The lowest BCUT2D eigenvalue weighted by Crippen LogP contribution is -2.45. The molecule has 0 atom stereocenters. The lowest BCUT2D eigenvalue weighted by atomic mass is 9.94. The van der Waals surface area contributed by atoms with E-state index in [2.05, 4.69) is 0 Å². The van der Waals surface area contributed by atoms with E-state index in [-0.39, 0.29) is 11.7 Å². The van der Waals surface area contributed by atoms with Crippen molar-refractivity contribution in [3.63, 3.8) is 0 Å². The molecule has 1 aromatic rings. The summed E-state index contributed by atoms with van der Waals surface area (Å²) in [5.74, 6) is -1.65. The van der Waals surface area contributed by atoms with Crippen LogP contribution in [0, 0.1) is 11.6 Å². The second kappa shape index (κ2) is 6.10. The molecule has 0 saturated carbocycles. The number of hydrogen-bond acceptors (Lipinski definition) is 3. The van der Waals surface area contributed by atoms with E-state index in [1.54, 1.807) is 11.8 Å². The Balaban J connectivity index is 1.85. The standard InChI is InChI=1S/C14H17F2NO2S/c1-14(19)4-6-17(7-5-14)13(18)9-20-10-2-3-11(15)12(16)8-10/h2-3,8,19H,4-7,9H2,1H3. The number of rotatable bonds is 3. The molecule has 3 nitrogen and oxygen atoms in total.